The van der Waals surface area contributed by atoms with Crippen LogP contribution in [0.25, 0.3) is 6.08 Å². The summed E-state index contributed by atoms with van der Waals surface area (Å²) in [4.78, 5) is 12.0. The zero-order chi connectivity index (χ0) is 18.2. The van der Waals surface area contributed by atoms with E-state index in [1.807, 2.05) is 6.92 Å². The van der Waals surface area contributed by atoms with E-state index in [9.17, 15) is 13.6 Å². The molecule has 0 aliphatic heterocycles. The van der Waals surface area contributed by atoms with E-state index in [2.05, 4.69) is 5.92 Å². The van der Waals surface area contributed by atoms with Crippen molar-refractivity contribution in [3.63, 3.8) is 0 Å². The van der Waals surface area contributed by atoms with Gasteiger partial charge in [-0.3, -0.25) is 4.79 Å². The van der Waals surface area contributed by atoms with Gasteiger partial charge in [-0.2, -0.15) is 0 Å². The van der Waals surface area contributed by atoms with Gasteiger partial charge in [-0.25, -0.2) is 8.78 Å². The second-order valence-electron chi connectivity index (χ2n) is 4.93. The predicted molar refractivity (Wildman–Crippen MR) is 91.7 cm³/mol. The fourth-order valence-electron chi connectivity index (χ4n) is 2.12. The Morgan fingerprint density at radius 3 is 2.52 bits per heavy atom. The lowest BCUT2D eigenvalue weighted by Crippen LogP contribution is -2.02. The Balaban J connectivity index is 2.24. The van der Waals surface area contributed by atoms with E-state index in [0.29, 0.717) is 23.7 Å². The third-order valence-corrected chi connectivity index (χ3v) is 3.21. The van der Waals surface area contributed by atoms with Gasteiger partial charge in [0, 0.05) is 0 Å². The highest BCUT2D eigenvalue weighted by Crippen LogP contribution is 2.29. The van der Waals surface area contributed by atoms with E-state index in [-0.39, 0.29) is 6.61 Å². The van der Waals surface area contributed by atoms with Crippen molar-refractivity contribution in [2.75, 3.05) is 13.2 Å². The van der Waals surface area contributed by atoms with Crippen LogP contribution in [0.1, 0.15) is 22.8 Å². The molecule has 0 fully saturated rings. The zero-order valence-electron chi connectivity index (χ0n) is 13.6. The Kier molecular flexibility index (Phi) is 6.30. The molecule has 2 rings (SSSR count). The third kappa shape index (κ3) is 4.67. The molecule has 0 aliphatic rings. The molecule has 0 spiro atoms. The fraction of sp³-hybridized carbons (Fsp3) is 0.150. The van der Waals surface area contributed by atoms with Crippen molar-refractivity contribution in [3.05, 3.63) is 65.2 Å². The van der Waals surface area contributed by atoms with Crippen molar-refractivity contribution in [1.29, 1.82) is 0 Å². The molecule has 2 aromatic carbocycles. The Bertz CT molecular complexity index is 815. The van der Waals surface area contributed by atoms with Crippen LogP contribution < -0.4 is 9.47 Å². The minimum absolute atomic E-state index is 0.0975. The van der Waals surface area contributed by atoms with E-state index in [4.69, 9.17) is 15.9 Å². The van der Waals surface area contributed by atoms with Crippen LogP contribution in [0.5, 0.6) is 11.5 Å². The first-order chi connectivity index (χ1) is 12.1. The summed E-state index contributed by atoms with van der Waals surface area (Å²) in [5, 5.41) is 0. The molecule has 0 radical (unpaired) electrons. The van der Waals surface area contributed by atoms with Crippen molar-refractivity contribution >= 4 is 11.9 Å². The van der Waals surface area contributed by atoms with Gasteiger partial charge < -0.3 is 9.47 Å². The molecule has 0 N–H and O–H groups in total. The largest absolute Gasteiger partial charge is 0.490 e. The predicted octanol–water partition coefficient (Wildman–Crippen LogP) is 4.27. The number of hydrogen-bond donors (Lipinski definition) is 0. The van der Waals surface area contributed by atoms with E-state index >= 15 is 0 Å². The number of carbonyl (C=O) groups is 1. The molecule has 0 saturated heterocycles. The Hall–Kier alpha value is -3.13. The van der Waals surface area contributed by atoms with Gasteiger partial charge in [-0.1, -0.05) is 24.1 Å². The average Bonchev–Trinajstić information content (AvgIpc) is 2.59. The summed E-state index contributed by atoms with van der Waals surface area (Å²) >= 11 is 0. The van der Waals surface area contributed by atoms with Crippen LogP contribution in [0.4, 0.5) is 8.78 Å². The minimum atomic E-state index is -0.900. The second-order valence-corrected chi connectivity index (χ2v) is 4.93. The molecule has 0 atom stereocenters. The van der Waals surface area contributed by atoms with Crippen molar-refractivity contribution in [2.45, 2.75) is 6.92 Å². The van der Waals surface area contributed by atoms with Gasteiger partial charge in [0.2, 0.25) is 0 Å². The first-order valence-electron chi connectivity index (χ1n) is 7.56. The lowest BCUT2D eigenvalue weighted by Gasteiger charge is -2.10. The summed E-state index contributed by atoms with van der Waals surface area (Å²) in [7, 11) is 0. The van der Waals surface area contributed by atoms with Gasteiger partial charge >= 0.3 is 0 Å². The lowest BCUT2D eigenvalue weighted by atomic mass is 10.1. The first-order valence-corrected chi connectivity index (χ1v) is 7.56. The summed E-state index contributed by atoms with van der Waals surface area (Å²) < 4.78 is 38.1. The van der Waals surface area contributed by atoms with E-state index in [1.165, 1.54) is 12.1 Å². The van der Waals surface area contributed by atoms with Gasteiger partial charge in [-0.05, 0) is 42.8 Å². The lowest BCUT2D eigenvalue weighted by molar-refractivity contribution is 0.104. The van der Waals surface area contributed by atoms with Crippen molar-refractivity contribution in [2.24, 2.45) is 0 Å². The third-order valence-electron chi connectivity index (χ3n) is 3.21. The highest BCUT2D eigenvalue weighted by Gasteiger charge is 2.14. The van der Waals surface area contributed by atoms with Crippen LogP contribution >= 0.6 is 0 Å². The molecule has 0 amide bonds. The SMILES string of the molecule is C#CCOc1ccc(/C=C/C(=O)c2c(F)cccc2F)cc1OCC. The molecule has 0 saturated carbocycles. The van der Waals surface area contributed by atoms with Gasteiger partial charge in [0.1, 0.15) is 18.2 Å². The number of allylic oxidation sites excluding steroid dienone is 1. The molecule has 3 nitrogen and oxygen atoms in total. The summed E-state index contributed by atoms with van der Waals surface area (Å²) in [5.74, 6) is 0.736. The number of benzene rings is 2. The minimum Gasteiger partial charge on any atom is -0.490 e. The number of hydrogen-bond acceptors (Lipinski definition) is 3. The monoisotopic (exact) mass is 342 g/mol. The molecule has 2 aromatic rings. The first kappa shape index (κ1) is 18.2. The maximum absolute atomic E-state index is 13.6. The number of rotatable bonds is 7. The maximum Gasteiger partial charge on any atom is 0.191 e. The number of terminal acetylenes is 1. The standard InChI is InChI=1S/C20H16F2O3/c1-3-12-25-18-11-9-14(13-19(18)24-4-2)8-10-17(23)20-15(21)6-5-7-16(20)22/h1,5-11,13H,4,12H2,2H3/b10-8+. The highest BCUT2D eigenvalue weighted by atomic mass is 19.1. The molecule has 0 bridgehead atoms. The fourth-order valence-corrected chi connectivity index (χ4v) is 2.12. The molecule has 0 aliphatic carbocycles. The second kappa shape index (κ2) is 8.65. The molecule has 5 heteroatoms. The van der Waals surface area contributed by atoms with Crippen LogP contribution in [-0.4, -0.2) is 19.0 Å². The summed E-state index contributed by atoms with van der Waals surface area (Å²) in [6.07, 6.45) is 7.72. The topological polar surface area (TPSA) is 35.5 Å². The Morgan fingerprint density at radius 1 is 1.16 bits per heavy atom. The van der Waals surface area contributed by atoms with E-state index in [0.717, 1.165) is 18.2 Å². The summed E-state index contributed by atoms with van der Waals surface area (Å²) in [6, 6.07) is 8.25. The zero-order valence-corrected chi connectivity index (χ0v) is 13.6. The molecular weight excluding hydrogens is 326 g/mol. The maximum atomic E-state index is 13.6. The molecular formula is C20H16F2O3. The van der Waals surface area contributed by atoms with Crippen LogP contribution in [0.15, 0.2) is 42.5 Å². The van der Waals surface area contributed by atoms with Crippen molar-refractivity contribution in [1.82, 2.24) is 0 Å². The van der Waals surface area contributed by atoms with Crippen LogP contribution in [0, 0.1) is 24.0 Å². The van der Waals surface area contributed by atoms with Crippen LogP contribution in [0.3, 0.4) is 0 Å². The quantitative estimate of drug-likeness (QED) is 0.428. The summed E-state index contributed by atoms with van der Waals surface area (Å²) in [6.45, 7) is 2.33. The van der Waals surface area contributed by atoms with Gasteiger partial charge in [0.05, 0.1) is 12.2 Å². The molecule has 128 valence electrons. The number of ketones is 1. The van der Waals surface area contributed by atoms with E-state index in [1.54, 1.807) is 18.2 Å². The summed E-state index contributed by atoms with van der Waals surface area (Å²) in [5.41, 5.74) is 0.0272. The van der Waals surface area contributed by atoms with Crippen LogP contribution in [-0.2, 0) is 0 Å². The average molecular weight is 342 g/mol. The smallest absolute Gasteiger partial charge is 0.191 e. The Morgan fingerprint density at radius 2 is 1.88 bits per heavy atom. The van der Waals surface area contributed by atoms with Gasteiger partial charge in [0.25, 0.3) is 0 Å². The molecule has 0 heterocycles. The van der Waals surface area contributed by atoms with E-state index < -0.39 is 23.0 Å². The normalized spacial score (nSPS) is 10.5. The van der Waals surface area contributed by atoms with Gasteiger partial charge in [-0.15, -0.1) is 6.42 Å². The molecule has 25 heavy (non-hydrogen) atoms. The molecule has 0 aromatic heterocycles. The van der Waals surface area contributed by atoms with Crippen LogP contribution in [0.2, 0.25) is 0 Å². The highest BCUT2D eigenvalue weighted by molar-refractivity contribution is 6.07. The number of halogens is 2. The van der Waals surface area contributed by atoms with Crippen molar-refractivity contribution in [3.8, 4) is 23.8 Å². The number of carbonyl (C=O) groups excluding carboxylic acids is 1. The Labute approximate surface area is 144 Å². The molecule has 0 unspecified atom stereocenters. The van der Waals surface area contributed by atoms with Crippen molar-refractivity contribution < 1.29 is 23.0 Å². The van der Waals surface area contributed by atoms with Gasteiger partial charge in [0.15, 0.2) is 17.3 Å². The number of ether oxygens (including phenoxy) is 2.